The number of anilines is 1. The Kier molecular flexibility index (Phi) is 2.80. The summed E-state index contributed by atoms with van der Waals surface area (Å²) in [6, 6.07) is 1.85. The third-order valence-electron chi connectivity index (χ3n) is 1.47. The molecule has 0 aliphatic rings. The molecule has 0 aliphatic heterocycles. The Morgan fingerprint density at radius 1 is 1.21 bits per heavy atom. The number of rotatable bonds is 2. The van der Waals surface area contributed by atoms with Crippen LogP contribution >= 0.6 is 0 Å². The first-order valence-electron chi connectivity index (χ1n) is 4.23. The van der Waals surface area contributed by atoms with Crippen LogP contribution in [0.3, 0.4) is 0 Å². The summed E-state index contributed by atoms with van der Waals surface area (Å²) in [6.07, 6.45) is 0. The van der Waals surface area contributed by atoms with Crippen molar-refractivity contribution in [3.8, 4) is 5.75 Å². The van der Waals surface area contributed by atoms with Gasteiger partial charge in [-0.05, 0) is 19.6 Å². The van der Waals surface area contributed by atoms with E-state index in [1.54, 1.807) is 0 Å². The fourth-order valence-electron chi connectivity index (χ4n) is 0.975. The fraction of sp³-hybridized carbons (Fsp3) is 0.333. The van der Waals surface area contributed by atoms with Gasteiger partial charge in [0.2, 0.25) is 8.32 Å². The molecule has 0 radical (unpaired) electrons. The van der Waals surface area contributed by atoms with Crippen LogP contribution in [0.1, 0.15) is 0 Å². The predicted octanol–water partition coefficient (Wildman–Crippen LogP) is 2.76. The van der Waals surface area contributed by atoms with Crippen LogP contribution in [0.2, 0.25) is 19.6 Å². The van der Waals surface area contributed by atoms with Gasteiger partial charge < -0.3 is 10.2 Å². The molecule has 0 saturated carbocycles. The van der Waals surface area contributed by atoms with E-state index in [9.17, 15) is 8.78 Å². The van der Waals surface area contributed by atoms with Gasteiger partial charge in [-0.15, -0.1) is 0 Å². The van der Waals surface area contributed by atoms with Crippen molar-refractivity contribution in [2.24, 2.45) is 0 Å². The number of nitrogen functional groups attached to an aromatic ring is 1. The summed E-state index contributed by atoms with van der Waals surface area (Å²) in [5.41, 5.74) is 5.28. The molecule has 0 fully saturated rings. The molecule has 0 amide bonds. The molecule has 1 rings (SSSR count). The zero-order chi connectivity index (χ0) is 10.9. The SMILES string of the molecule is C[Si](C)(C)Oc1cc(F)cc(F)c1N. The van der Waals surface area contributed by atoms with Crippen LogP contribution in [0, 0.1) is 11.6 Å². The average Bonchev–Trinajstić information content (AvgIpc) is 1.96. The van der Waals surface area contributed by atoms with Crippen molar-refractivity contribution in [3.63, 3.8) is 0 Å². The summed E-state index contributed by atoms with van der Waals surface area (Å²) >= 11 is 0. The molecule has 14 heavy (non-hydrogen) atoms. The molecule has 0 heterocycles. The molecule has 78 valence electrons. The van der Waals surface area contributed by atoms with E-state index in [2.05, 4.69) is 0 Å². The highest BCUT2D eigenvalue weighted by atomic mass is 28.4. The highest BCUT2D eigenvalue weighted by Gasteiger charge is 2.19. The summed E-state index contributed by atoms with van der Waals surface area (Å²) in [5.74, 6) is -1.36. The number of hydrogen-bond donors (Lipinski definition) is 1. The van der Waals surface area contributed by atoms with E-state index in [0.29, 0.717) is 0 Å². The van der Waals surface area contributed by atoms with E-state index in [-0.39, 0.29) is 11.4 Å². The van der Waals surface area contributed by atoms with Crippen LogP contribution < -0.4 is 10.2 Å². The number of hydrogen-bond acceptors (Lipinski definition) is 2. The van der Waals surface area contributed by atoms with Crippen LogP contribution in [0.4, 0.5) is 14.5 Å². The summed E-state index contributed by atoms with van der Waals surface area (Å²) in [7, 11) is -1.89. The van der Waals surface area contributed by atoms with Gasteiger partial charge in [-0.1, -0.05) is 0 Å². The average molecular weight is 217 g/mol. The minimum absolute atomic E-state index is 0.0988. The Bertz CT molecular complexity index is 349. The number of halogens is 2. The quantitative estimate of drug-likeness (QED) is 0.610. The lowest BCUT2D eigenvalue weighted by Gasteiger charge is -2.20. The second kappa shape index (κ2) is 3.57. The second-order valence-corrected chi connectivity index (χ2v) is 8.44. The summed E-state index contributed by atoms with van der Waals surface area (Å²) < 4.78 is 31.2. The highest BCUT2D eigenvalue weighted by Crippen LogP contribution is 2.27. The first-order chi connectivity index (χ1) is 6.29. The zero-order valence-corrected chi connectivity index (χ0v) is 9.40. The Morgan fingerprint density at radius 2 is 1.79 bits per heavy atom. The van der Waals surface area contributed by atoms with Gasteiger partial charge in [0.1, 0.15) is 17.3 Å². The van der Waals surface area contributed by atoms with Crippen LogP contribution in [-0.4, -0.2) is 8.32 Å². The second-order valence-electron chi connectivity index (χ2n) is 4.01. The molecule has 0 aromatic heterocycles. The van der Waals surface area contributed by atoms with Gasteiger partial charge in [0, 0.05) is 12.1 Å². The fourth-order valence-corrected chi connectivity index (χ4v) is 1.80. The van der Waals surface area contributed by atoms with E-state index in [1.165, 1.54) is 0 Å². The van der Waals surface area contributed by atoms with Gasteiger partial charge in [-0.2, -0.15) is 0 Å². The van der Waals surface area contributed by atoms with Gasteiger partial charge >= 0.3 is 0 Å². The zero-order valence-electron chi connectivity index (χ0n) is 8.40. The smallest absolute Gasteiger partial charge is 0.242 e. The van der Waals surface area contributed by atoms with E-state index in [0.717, 1.165) is 12.1 Å². The van der Waals surface area contributed by atoms with Gasteiger partial charge in [0.05, 0.1) is 0 Å². The van der Waals surface area contributed by atoms with Crippen molar-refractivity contribution in [3.05, 3.63) is 23.8 Å². The normalized spacial score (nSPS) is 11.5. The largest absolute Gasteiger partial charge is 0.543 e. The standard InChI is InChI=1S/C9H13F2NOSi/c1-14(2,3)13-8-5-6(10)4-7(11)9(8)12/h4-5H,12H2,1-3H3. The Morgan fingerprint density at radius 3 is 2.29 bits per heavy atom. The molecule has 1 aromatic rings. The lowest BCUT2D eigenvalue weighted by molar-refractivity contribution is 0.530. The summed E-state index contributed by atoms with van der Waals surface area (Å²) in [4.78, 5) is 0. The lowest BCUT2D eigenvalue weighted by atomic mass is 10.3. The Labute approximate surface area is 82.8 Å². The first kappa shape index (κ1) is 11.0. The molecule has 0 aliphatic carbocycles. The predicted molar refractivity (Wildman–Crippen MR) is 54.7 cm³/mol. The van der Waals surface area contributed by atoms with E-state index in [4.69, 9.17) is 10.2 Å². The molecule has 2 nitrogen and oxygen atoms in total. The lowest BCUT2D eigenvalue weighted by Crippen LogP contribution is -2.29. The molecular weight excluding hydrogens is 204 g/mol. The van der Waals surface area contributed by atoms with Crippen molar-refractivity contribution in [1.29, 1.82) is 0 Å². The molecule has 0 spiro atoms. The van der Waals surface area contributed by atoms with Crippen molar-refractivity contribution in [1.82, 2.24) is 0 Å². The van der Waals surface area contributed by atoms with E-state index < -0.39 is 20.0 Å². The molecule has 5 heteroatoms. The summed E-state index contributed by atoms with van der Waals surface area (Å²) in [6.45, 7) is 5.74. The maximum Gasteiger partial charge on any atom is 0.242 e. The number of nitrogens with two attached hydrogens (primary N) is 1. The van der Waals surface area contributed by atoms with Crippen molar-refractivity contribution < 1.29 is 13.2 Å². The minimum atomic E-state index is -1.89. The van der Waals surface area contributed by atoms with Gasteiger partial charge in [0.25, 0.3) is 0 Å². The van der Waals surface area contributed by atoms with Crippen LogP contribution in [0.5, 0.6) is 5.75 Å². The third-order valence-corrected chi connectivity index (χ3v) is 2.30. The van der Waals surface area contributed by atoms with Crippen LogP contribution in [0.15, 0.2) is 12.1 Å². The molecule has 2 N–H and O–H groups in total. The van der Waals surface area contributed by atoms with Crippen molar-refractivity contribution in [2.75, 3.05) is 5.73 Å². The van der Waals surface area contributed by atoms with Crippen molar-refractivity contribution >= 4 is 14.0 Å². The summed E-state index contributed by atoms with van der Waals surface area (Å²) in [5, 5.41) is 0. The van der Waals surface area contributed by atoms with Gasteiger partial charge in [0.15, 0.2) is 5.82 Å². The molecule has 0 unspecified atom stereocenters. The Hall–Kier alpha value is -1.10. The Balaban J connectivity index is 3.09. The highest BCUT2D eigenvalue weighted by molar-refractivity contribution is 6.70. The van der Waals surface area contributed by atoms with E-state index >= 15 is 0 Å². The van der Waals surface area contributed by atoms with Crippen LogP contribution in [-0.2, 0) is 0 Å². The van der Waals surface area contributed by atoms with Gasteiger partial charge in [-0.25, -0.2) is 8.78 Å². The minimum Gasteiger partial charge on any atom is -0.543 e. The topological polar surface area (TPSA) is 35.2 Å². The molecule has 0 saturated heterocycles. The third kappa shape index (κ3) is 2.70. The van der Waals surface area contributed by atoms with E-state index in [1.807, 2.05) is 19.6 Å². The number of benzene rings is 1. The molecule has 0 atom stereocenters. The van der Waals surface area contributed by atoms with Crippen LogP contribution in [0.25, 0.3) is 0 Å². The van der Waals surface area contributed by atoms with Crippen molar-refractivity contribution in [2.45, 2.75) is 19.6 Å². The molecule has 1 aromatic carbocycles. The maximum absolute atomic E-state index is 13.0. The maximum atomic E-state index is 13.0. The molecule has 0 bridgehead atoms. The molecular formula is C9H13F2NOSi. The van der Waals surface area contributed by atoms with Gasteiger partial charge in [-0.3, -0.25) is 0 Å². The monoisotopic (exact) mass is 217 g/mol. The first-order valence-corrected chi connectivity index (χ1v) is 7.64.